The molecule has 0 radical (unpaired) electrons. The predicted molar refractivity (Wildman–Crippen MR) is 28.5 cm³/mol. The van der Waals surface area contributed by atoms with Crippen LogP contribution in [0.25, 0.3) is 0 Å². The number of halogens is 1. The van der Waals surface area contributed by atoms with E-state index in [9.17, 15) is 4.79 Å². The van der Waals surface area contributed by atoms with Gasteiger partial charge in [-0.15, -0.1) is 0 Å². The summed E-state index contributed by atoms with van der Waals surface area (Å²) in [7, 11) is 1.30. The highest BCUT2D eigenvalue weighted by Gasteiger charge is 2.04. The lowest BCUT2D eigenvalue weighted by atomic mass is 10.5. The third kappa shape index (κ3) is 4.05. The molecule has 0 aromatic carbocycles. The van der Waals surface area contributed by atoms with E-state index < -0.39 is 11.5 Å². The molecule has 48 valence electrons. The molecular weight excluding hydrogens is 131 g/mol. The van der Waals surface area contributed by atoms with Crippen molar-refractivity contribution in [3.63, 3.8) is 0 Å². The summed E-state index contributed by atoms with van der Waals surface area (Å²) in [6.45, 7) is 0. The Hall–Kier alpha value is -0.120. The highest BCUT2D eigenvalue weighted by atomic mass is 35.5. The minimum absolute atomic E-state index is 0.155. The molecule has 0 heterocycles. The second-order valence-electron chi connectivity index (χ2n) is 1.25. The summed E-state index contributed by atoms with van der Waals surface area (Å²) in [6, 6.07) is 0. The third-order valence-corrected chi connectivity index (χ3v) is 0.761. The lowest BCUT2D eigenvalue weighted by molar-refractivity contribution is -0.123. The number of rotatable bonds is 3. The molecule has 4 heteroatoms. The summed E-state index contributed by atoms with van der Waals surface area (Å²) in [6.07, 6.45) is -1.21. The normalized spacial score (nSPS) is 13.4. The Morgan fingerprint density at radius 2 is 2.50 bits per heavy atom. The number of carbonyl (C=O) groups excluding carboxylic acids is 1. The first-order valence-electron chi connectivity index (χ1n) is 2.06. The van der Waals surface area contributed by atoms with E-state index in [1.54, 1.807) is 0 Å². The van der Waals surface area contributed by atoms with Crippen LogP contribution in [0.5, 0.6) is 0 Å². The maximum atomic E-state index is 9.94. The van der Waals surface area contributed by atoms with Crippen molar-refractivity contribution in [2.75, 3.05) is 7.11 Å². The minimum Gasteiger partial charge on any atom is -0.368 e. The van der Waals surface area contributed by atoms with Gasteiger partial charge in [-0.2, -0.15) is 0 Å². The Bertz CT molecular complexity index is 83.4. The molecule has 0 aliphatic heterocycles. The molecule has 0 saturated carbocycles. The van der Waals surface area contributed by atoms with Crippen molar-refractivity contribution in [2.45, 2.75) is 12.7 Å². The molecular formula is C4H7ClO3. The SMILES string of the molecule is COC(O)CC(=O)Cl. The summed E-state index contributed by atoms with van der Waals surface area (Å²) in [5.74, 6) is 0. The average Bonchev–Trinajstić information content (AvgIpc) is 1.65. The summed E-state index contributed by atoms with van der Waals surface area (Å²) in [5, 5.41) is 7.90. The van der Waals surface area contributed by atoms with Gasteiger partial charge in [0, 0.05) is 7.11 Å². The Morgan fingerprint density at radius 1 is 2.00 bits per heavy atom. The minimum atomic E-state index is -1.06. The number of methoxy groups -OCH3 is 1. The van der Waals surface area contributed by atoms with Crippen LogP contribution < -0.4 is 0 Å². The van der Waals surface area contributed by atoms with Crippen LogP contribution in [-0.2, 0) is 9.53 Å². The summed E-state index contributed by atoms with van der Waals surface area (Å²) >= 11 is 4.87. The molecule has 8 heavy (non-hydrogen) atoms. The fourth-order valence-corrected chi connectivity index (χ4v) is 0.353. The topological polar surface area (TPSA) is 46.5 Å². The fourth-order valence-electron chi connectivity index (χ4n) is 0.221. The second-order valence-corrected chi connectivity index (χ2v) is 1.67. The van der Waals surface area contributed by atoms with Crippen molar-refractivity contribution >= 4 is 16.8 Å². The van der Waals surface area contributed by atoms with E-state index in [4.69, 9.17) is 16.7 Å². The smallest absolute Gasteiger partial charge is 0.226 e. The molecule has 0 rings (SSSR count). The van der Waals surface area contributed by atoms with Gasteiger partial charge >= 0.3 is 0 Å². The van der Waals surface area contributed by atoms with Crippen molar-refractivity contribution in [1.29, 1.82) is 0 Å². The average molecular weight is 139 g/mol. The molecule has 1 N–H and O–H groups in total. The molecule has 1 unspecified atom stereocenters. The summed E-state index contributed by atoms with van der Waals surface area (Å²) < 4.78 is 4.31. The van der Waals surface area contributed by atoms with Gasteiger partial charge in [0.05, 0.1) is 6.42 Å². The predicted octanol–water partition coefficient (Wildman–Crippen LogP) is 0.107. The van der Waals surface area contributed by atoms with Crippen LogP contribution in [0.2, 0.25) is 0 Å². The zero-order chi connectivity index (χ0) is 6.57. The number of hydrogen-bond acceptors (Lipinski definition) is 3. The van der Waals surface area contributed by atoms with Gasteiger partial charge in [-0.05, 0) is 11.6 Å². The highest BCUT2D eigenvalue weighted by Crippen LogP contribution is 1.95. The van der Waals surface area contributed by atoms with Gasteiger partial charge in [0.15, 0.2) is 6.29 Å². The van der Waals surface area contributed by atoms with Crippen LogP contribution in [0, 0.1) is 0 Å². The maximum absolute atomic E-state index is 9.94. The van der Waals surface area contributed by atoms with Gasteiger partial charge in [-0.3, -0.25) is 4.79 Å². The number of ether oxygens (including phenoxy) is 1. The van der Waals surface area contributed by atoms with Crippen LogP contribution in [0.1, 0.15) is 6.42 Å². The van der Waals surface area contributed by atoms with Crippen LogP contribution in [-0.4, -0.2) is 23.7 Å². The fraction of sp³-hybridized carbons (Fsp3) is 0.750. The number of carbonyl (C=O) groups is 1. The molecule has 0 fully saturated rings. The van der Waals surface area contributed by atoms with Gasteiger partial charge in [0.25, 0.3) is 0 Å². The van der Waals surface area contributed by atoms with Crippen molar-refractivity contribution in [3.8, 4) is 0 Å². The van der Waals surface area contributed by atoms with E-state index in [-0.39, 0.29) is 6.42 Å². The zero-order valence-corrected chi connectivity index (χ0v) is 5.18. The largest absolute Gasteiger partial charge is 0.368 e. The van der Waals surface area contributed by atoms with Gasteiger partial charge in [0.1, 0.15) is 0 Å². The first kappa shape index (κ1) is 7.88. The molecule has 1 atom stereocenters. The Balaban J connectivity index is 3.24. The Morgan fingerprint density at radius 3 is 2.62 bits per heavy atom. The van der Waals surface area contributed by atoms with E-state index in [1.165, 1.54) is 7.11 Å². The maximum Gasteiger partial charge on any atom is 0.226 e. The zero-order valence-electron chi connectivity index (χ0n) is 4.43. The first-order valence-corrected chi connectivity index (χ1v) is 2.44. The van der Waals surface area contributed by atoms with Crippen molar-refractivity contribution in [1.82, 2.24) is 0 Å². The lowest BCUT2D eigenvalue weighted by Crippen LogP contribution is -2.11. The Labute approximate surface area is 52.2 Å². The van der Waals surface area contributed by atoms with Crippen LogP contribution in [0.3, 0.4) is 0 Å². The molecule has 0 aliphatic carbocycles. The molecule has 0 aromatic heterocycles. The molecule has 3 nitrogen and oxygen atoms in total. The van der Waals surface area contributed by atoms with E-state index in [0.717, 1.165) is 0 Å². The van der Waals surface area contributed by atoms with Gasteiger partial charge in [0.2, 0.25) is 5.24 Å². The van der Waals surface area contributed by atoms with E-state index >= 15 is 0 Å². The second kappa shape index (κ2) is 3.83. The van der Waals surface area contributed by atoms with E-state index in [0.29, 0.717) is 0 Å². The Kier molecular flexibility index (Phi) is 3.77. The number of hydrogen-bond donors (Lipinski definition) is 1. The van der Waals surface area contributed by atoms with Crippen LogP contribution in [0.4, 0.5) is 0 Å². The standard InChI is InChI=1S/C4H7ClO3/c1-8-4(7)2-3(5)6/h4,7H,2H2,1H3. The molecule has 0 spiro atoms. The number of aliphatic hydroxyl groups excluding tert-OH is 1. The molecule has 0 aliphatic rings. The van der Waals surface area contributed by atoms with Gasteiger partial charge in [-0.1, -0.05) is 0 Å². The monoisotopic (exact) mass is 138 g/mol. The third-order valence-electron chi connectivity index (χ3n) is 0.607. The van der Waals surface area contributed by atoms with Crippen LogP contribution >= 0.6 is 11.6 Å². The van der Waals surface area contributed by atoms with Crippen LogP contribution in [0.15, 0.2) is 0 Å². The summed E-state index contributed by atoms with van der Waals surface area (Å²) in [4.78, 5) is 9.94. The molecule has 0 saturated heterocycles. The molecule has 0 amide bonds. The van der Waals surface area contributed by atoms with Crippen molar-refractivity contribution in [3.05, 3.63) is 0 Å². The van der Waals surface area contributed by atoms with E-state index in [2.05, 4.69) is 4.74 Å². The molecule has 0 aromatic rings. The lowest BCUT2D eigenvalue weighted by Gasteiger charge is -2.01. The quantitative estimate of drug-likeness (QED) is 0.445. The van der Waals surface area contributed by atoms with E-state index in [1.807, 2.05) is 0 Å². The highest BCUT2D eigenvalue weighted by molar-refractivity contribution is 6.63. The van der Waals surface area contributed by atoms with Gasteiger partial charge in [-0.25, -0.2) is 0 Å². The van der Waals surface area contributed by atoms with Gasteiger partial charge < -0.3 is 9.84 Å². The molecule has 0 bridgehead atoms. The van der Waals surface area contributed by atoms with Crippen molar-refractivity contribution < 1.29 is 14.6 Å². The summed E-state index contributed by atoms with van der Waals surface area (Å²) in [5.41, 5.74) is 0. The van der Waals surface area contributed by atoms with Crippen molar-refractivity contribution in [2.24, 2.45) is 0 Å². The first-order chi connectivity index (χ1) is 3.66. The number of aliphatic hydroxyl groups is 1.